The van der Waals surface area contributed by atoms with E-state index in [1.54, 1.807) is 5.57 Å². The van der Waals surface area contributed by atoms with Crippen molar-refractivity contribution in [3.8, 4) is 0 Å². The second kappa shape index (κ2) is 5.58. The highest BCUT2D eigenvalue weighted by Crippen LogP contribution is 2.36. The van der Waals surface area contributed by atoms with Crippen LogP contribution in [-0.4, -0.2) is 0 Å². The zero-order valence-corrected chi connectivity index (χ0v) is 10.3. The summed E-state index contributed by atoms with van der Waals surface area (Å²) in [5.74, 6) is 2.83. The molecule has 0 aromatic rings. The van der Waals surface area contributed by atoms with E-state index in [1.165, 1.54) is 32.1 Å². The Morgan fingerprint density at radius 1 is 1.29 bits per heavy atom. The molecule has 82 valence electrons. The van der Waals surface area contributed by atoms with Crippen LogP contribution >= 0.6 is 0 Å². The molecule has 0 heterocycles. The van der Waals surface area contributed by atoms with Gasteiger partial charge in [-0.3, -0.25) is 0 Å². The quantitative estimate of drug-likeness (QED) is 0.566. The Kier molecular flexibility index (Phi) is 4.71. The van der Waals surface area contributed by atoms with Crippen LogP contribution in [-0.2, 0) is 0 Å². The Morgan fingerprint density at radius 3 is 2.57 bits per heavy atom. The van der Waals surface area contributed by atoms with Crippen molar-refractivity contribution in [3.63, 3.8) is 0 Å². The summed E-state index contributed by atoms with van der Waals surface area (Å²) in [4.78, 5) is 0. The third-order valence-corrected chi connectivity index (χ3v) is 4.01. The first-order valence-electron chi connectivity index (χ1n) is 6.34. The van der Waals surface area contributed by atoms with Gasteiger partial charge in [-0.1, -0.05) is 38.8 Å². The molecule has 1 saturated carbocycles. The molecule has 1 fully saturated rings. The summed E-state index contributed by atoms with van der Waals surface area (Å²) in [6, 6.07) is 0. The van der Waals surface area contributed by atoms with Crippen LogP contribution in [0.2, 0.25) is 0 Å². The molecule has 0 amide bonds. The second-order valence-electron chi connectivity index (χ2n) is 5.09. The molecule has 0 radical (unpaired) electrons. The summed E-state index contributed by atoms with van der Waals surface area (Å²) in [6.07, 6.45) is 9.44. The van der Waals surface area contributed by atoms with E-state index in [4.69, 9.17) is 0 Å². The fourth-order valence-electron chi connectivity index (χ4n) is 2.69. The van der Waals surface area contributed by atoms with E-state index in [0.717, 1.165) is 17.8 Å². The lowest BCUT2D eigenvalue weighted by atomic mass is 9.73. The first-order valence-corrected chi connectivity index (χ1v) is 6.34. The van der Waals surface area contributed by atoms with Gasteiger partial charge >= 0.3 is 0 Å². The van der Waals surface area contributed by atoms with Gasteiger partial charge in [0.1, 0.15) is 0 Å². The van der Waals surface area contributed by atoms with E-state index in [2.05, 4.69) is 33.8 Å². The van der Waals surface area contributed by atoms with Gasteiger partial charge in [-0.15, -0.1) is 0 Å². The van der Waals surface area contributed by atoms with Crippen molar-refractivity contribution in [2.24, 2.45) is 17.8 Å². The molecular weight excluding hydrogens is 168 g/mol. The predicted octanol–water partition coefficient (Wildman–Crippen LogP) is 4.81. The van der Waals surface area contributed by atoms with E-state index in [1.807, 2.05) is 0 Å². The van der Waals surface area contributed by atoms with Gasteiger partial charge < -0.3 is 0 Å². The highest BCUT2D eigenvalue weighted by Gasteiger charge is 2.24. The first kappa shape index (κ1) is 11.8. The van der Waals surface area contributed by atoms with Crippen molar-refractivity contribution in [1.82, 2.24) is 0 Å². The minimum absolute atomic E-state index is 0.885. The predicted molar refractivity (Wildman–Crippen MR) is 64.3 cm³/mol. The maximum atomic E-state index is 2.54. The number of hydrogen-bond donors (Lipinski definition) is 0. The van der Waals surface area contributed by atoms with E-state index in [-0.39, 0.29) is 0 Å². The molecule has 0 saturated heterocycles. The largest absolute Gasteiger partial charge is 0.0825 e. The first-order chi connectivity index (χ1) is 6.67. The topological polar surface area (TPSA) is 0 Å². The van der Waals surface area contributed by atoms with E-state index in [0.29, 0.717) is 0 Å². The van der Waals surface area contributed by atoms with Gasteiger partial charge in [-0.25, -0.2) is 0 Å². The molecule has 1 aliphatic carbocycles. The van der Waals surface area contributed by atoms with Gasteiger partial charge in [0.05, 0.1) is 0 Å². The van der Waals surface area contributed by atoms with Crippen LogP contribution in [0.3, 0.4) is 0 Å². The molecule has 3 unspecified atom stereocenters. The van der Waals surface area contributed by atoms with Crippen LogP contribution in [0.5, 0.6) is 0 Å². The maximum Gasteiger partial charge on any atom is -0.0228 e. The molecule has 0 aliphatic heterocycles. The molecule has 3 atom stereocenters. The summed E-state index contributed by atoms with van der Waals surface area (Å²) in [5.41, 5.74) is 1.58. The monoisotopic (exact) mass is 194 g/mol. The zero-order valence-electron chi connectivity index (χ0n) is 10.3. The number of hydrogen-bond acceptors (Lipinski definition) is 0. The summed E-state index contributed by atoms with van der Waals surface area (Å²) in [7, 11) is 0. The Balaban J connectivity index is 2.50. The Labute approximate surface area is 89.8 Å². The average molecular weight is 194 g/mol. The molecule has 0 bridgehead atoms. The van der Waals surface area contributed by atoms with Gasteiger partial charge in [-0.05, 0) is 50.4 Å². The number of allylic oxidation sites excluding steroid dienone is 2. The van der Waals surface area contributed by atoms with Crippen LogP contribution in [0.4, 0.5) is 0 Å². The van der Waals surface area contributed by atoms with Crippen molar-refractivity contribution in [1.29, 1.82) is 0 Å². The SMILES string of the molecule is CC/C(C)=C/C1CCC(C)C(CC)C1. The standard InChI is InChI=1S/C14H26/c1-5-11(3)9-13-8-7-12(4)14(6-2)10-13/h9,12-14H,5-8,10H2,1-4H3/b11-9+. The van der Waals surface area contributed by atoms with Crippen LogP contribution in [0.25, 0.3) is 0 Å². The maximum absolute atomic E-state index is 2.54. The van der Waals surface area contributed by atoms with Gasteiger partial charge in [0.25, 0.3) is 0 Å². The van der Waals surface area contributed by atoms with Gasteiger partial charge in [-0.2, -0.15) is 0 Å². The summed E-state index contributed by atoms with van der Waals surface area (Å²) in [6.45, 7) is 9.31. The van der Waals surface area contributed by atoms with E-state index < -0.39 is 0 Å². The zero-order chi connectivity index (χ0) is 10.6. The van der Waals surface area contributed by atoms with E-state index in [9.17, 15) is 0 Å². The minimum atomic E-state index is 0.885. The third-order valence-electron chi connectivity index (χ3n) is 4.01. The number of rotatable bonds is 3. The molecular formula is C14H26. The molecule has 0 aromatic carbocycles. The van der Waals surface area contributed by atoms with Crippen molar-refractivity contribution < 1.29 is 0 Å². The lowest BCUT2D eigenvalue weighted by molar-refractivity contribution is 0.212. The highest BCUT2D eigenvalue weighted by molar-refractivity contribution is 5.01. The Hall–Kier alpha value is -0.260. The summed E-state index contributed by atoms with van der Waals surface area (Å²) >= 11 is 0. The summed E-state index contributed by atoms with van der Waals surface area (Å²) < 4.78 is 0. The fraction of sp³-hybridized carbons (Fsp3) is 0.857. The van der Waals surface area contributed by atoms with E-state index >= 15 is 0 Å². The Morgan fingerprint density at radius 2 is 2.00 bits per heavy atom. The van der Waals surface area contributed by atoms with Crippen LogP contribution in [0.1, 0.15) is 59.8 Å². The van der Waals surface area contributed by atoms with Crippen LogP contribution in [0, 0.1) is 17.8 Å². The lowest BCUT2D eigenvalue weighted by Crippen LogP contribution is -2.21. The van der Waals surface area contributed by atoms with Gasteiger partial charge in [0, 0.05) is 0 Å². The van der Waals surface area contributed by atoms with Crippen molar-refractivity contribution in [2.45, 2.75) is 59.8 Å². The van der Waals surface area contributed by atoms with Gasteiger partial charge in [0.2, 0.25) is 0 Å². The lowest BCUT2D eigenvalue weighted by Gasteiger charge is -2.32. The van der Waals surface area contributed by atoms with Crippen molar-refractivity contribution >= 4 is 0 Å². The normalized spacial score (nSPS) is 34.6. The molecule has 0 aromatic heterocycles. The molecule has 1 aliphatic rings. The minimum Gasteiger partial charge on any atom is -0.0825 e. The molecule has 1 rings (SSSR count). The smallest absolute Gasteiger partial charge is 0.0228 e. The molecule has 0 N–H and O–H groups in total. The fourth-order valence-corrected chi connectivity index (χ4v) is 2.69. The van der Waals surface area contributed by atoms with Crippen LogP contribution < -0.4 is 0 Å². The molecule has 0 nitrogen and oxygen atoms in total. The molecule has 14 heavy (non-hydrogen) atoms. The average Bonchev–Trinajstić information content (AvgIpc) is 2.20. The van der Waals surface area contributed by atoms with Gasteiger partial charge in [0.15, 0.2) is 0 Å². The van der Waals surface area contributed by atoms with Crippen molar-refractivity contribution in [2.75, 3.05) is 0 Å². The molecule has 0 spiro atoms. The highest BCUT2D eigenvalue weighted by atomic mass is 14.3. The van der Waals surface area contributed by atoms with Crippen LogP contribution in [0.15, 0.2) is 11.6 Å². The third kappa shape index (κ3) is 3.15. The molecule has 0 heteroatoms. The van der Waals surface area contributed by atoms with Crippen molar-refractivity contribution in [3.05, 3.63) is 11.6 Å². The second-order valence-corrected chi connectivity index (χ2v) is 5.09. The summed E-state index contributed by atoms with van der Waals surface area (Å²) in [5, 5.41) is 0. The Bertz CT molecular complexity index is 190.